The smallest absolute Gasteiger partial charge is 0.417 e. The number of carboxylic acid groups (broad SMARTS) is 1. The lowest BCUT2D eigenvalue weighted by atomic mass is 9.97. The molecule has 0 atom stereocenters. The predicted octanol–water partition coefficient (Wildman–Crippen LogP) is 4.88. The van der Waals surface area contributed by atoms with E-state index in [0.717, 1.165) is 10.5 Å². The second kappa shape index (κ2) is 7.20. The van der Waals surface area contributed by atoms with Crippen LogP contribution in [0, 0.1) is 0 Å². The van der Waals surface area contributed by atoms with E-state index in [1.807, 2.05) is 0 Å². The summed E-state index contributed by atoms with van der Waals surface area (Å²) < 4.78 is 45.8. The number of carbonyl (C=O) groups is 1. The molecule has 2 rings (SSSR count). The van der Waals surface area contributed by atoms with E-state index in [4.69, 9.17) is 9.84 Å². The van der Waals surface area contributed by atoms with Gasteiger partial charge in [0, 0.05) is 4.43 Å². The minimum absolute atomic E-state index is 0.0667. The van der Waals surface area contributed by atoms with E-state index in [9.17, 15) is 18.0 Å². The standard InChI is InChI=1S/C16H12F3IO3/c17-16(18,19)14-9-11(15(21)22)3-6-13(14)10-1-4-12(5-2-10)23-8-7-20/h1-6,9H,7-8H2,(H,21,22). The Morgan fingerprint density at radius 1 is 1.13 bits per heavy atom. The molecule has 0 aromatic heterocycles. The highest BCUT2D eigenvalue weighted by Crippen LogP contribution is 2.38. The molecule has 0 aliphatic heterocycles. The number of aromatic carboxylic acids is 1. The van der Waals surface area contributed by atoms with Gasteiger partial charge in [0.2, 0.25) is 0 Å². The van der Waals surface area contributed by atoms with E-state index in [2.05, 4.69) is 22.6 Å². The van der Waals surface area contributed by atoms with Crippen molar-refractivity contribution in [3.05, 3.63) is 53.6 Å². The van der Waals surface area contributed by atoms with Crippen molar-refractivity contribution in [3.63, 3.8) is 0 Å². The normalized spacial score (nSPS) is 11.3. The van der Waals surface area contributed by atoms with Gasteiger partial charge >= 0.3 is 12.1 Å². The second-order valence-corrected chi connectivity index (χ2v) is 5.70. The predicted molar refractivity (Wildman–Crippen MR) is 88.2 cm³/mol. The Kier molecular flexibility index (Phi) is 5.51. The first-order valence-electron chi connectivity index (χ1n) is 6.56. The average molecular weight is 436 g/mol. The monoisotopic (exact) mass is 436 g/mol. The zero-order valence-electron chi connectivity index (χ0n) is 11.7. The topological polar surface area (TPSA) is 46.5 Å². The molecule has 0 saturated carbocycles. The second-order valence-electron chi connectivity index (χ2n) is 4.63. The molecule has 0 aliphatic rings. The summed E-state index contributed by atoms with van der Waals surface area (Å²) in [6.45, 7) is 0.515. The van der Waals surface area contributed by atoms with E-state index in [-0.39, 0.29) is 5.56 Å². The zero-order valence-corrected chi connectivity index (χ0v) is 13.9. The van der Waals surface area contributed by atoms with E-state index < -0.39 is 23.3 Å². The van der Waals surface area contributed by atoms with Gasteiger partial charge in [-0.25, -0.2) is 4.79 Å². The molecular formula is C16H12F3IO3. The van der Waals surface area contributed by atoms with Gasteiger partial charge in [-0.1, -0.05) is 40.8 Å². The minimum atomic E-state index is -4.64. The zero-order chi connectivity index (χ0) is 17.0. The fourth-order valence-electron chi connectivity index (χ4n) is 2.05. The maximum absolute atomic E-state index is 13.2. The molecule has 1 N–H and O–H groups in total. The van der Waals surface area contributed by atoms with Crippen LogP contribution in [-0.2, 0) is 6.18 Å². The number of carboxylic acids is 1. The lowest BCUT2D eigenvalue weighted by Gasteiger charge is -2.14. The third kappa shape index (κ3) is 4.37. The molecule has 0 bridgehead atoms. The summed E-state index contributed by atoms with van der Waals surface area (Å²) in [4.78, 5) is 10.9. The maximum Gasteiger partial charge on any atom is 0.417 e. The highest BCUT2D eigenvalue weighted by Gasteiger charge is 2.34. The van der Waals surface area contributed by atoms with Gasteiger partial charge in [-0.05, 0) is 35.4 Å². The molecule has 0 heterocycles. The number of hydrogen-bond donors (Lipinski definition) is 1. The van der Waals surface area contributed by atoms with Gasteiger partial charge in [-0.3, -0.25) is 0 Å². The van der Waals surface area contributed by atoms with Crippen molar-refractivity contribution in [3.8, 4) is 16.9 Å². The van der Waals surface area contributed by atoms with Gasteiger partial charge < -0.3 is 9.84 Å². The Hall–Kier alpha value is -1.77. The van der Waals surface area contributed by atoms with Crippen LogP contribution in [-0.4, -0.2) is 22.1 Å². The lowest BCUT2D eigenvalue weighted by molar-refractivity contribution is -0.137. The quantitative estimate of drug-likeness (QED) is 0.537. The number of rotatable bonds is 5. The van der Waals surface area contributed by atoms with Crippen LogP contribution in [0.2, 0.25) is 0 Å². The molecule has 23 heavy (non-hydrogen) atoms. The highest BCUT2D eigenvalue weighted by atomic mass is 127. The van der Waals surface area contributed by atoms with Crippen molar-refractivity contribution in [1.29, 1.82) is 0 Å². The van der Waals surface area contributed by atoms with Crippen molar-refractivity contribution in [1.82, 2.24) is 0 Å². The Morgan fingerprint density at radius 3 is 2.30 bits per heavy atom. The molecule has 122 valence electrons. The maximum atomic E-state index is 13.2. The summed E-state index contributed by atoms with van der Waals surface area (Å²) in [5.74, 6) is -0.828. The van der Waals surface area contributed by atoms with Gasteiger partial charge in [0.15, 0.2) is 0 Å². The van der Waals surface area contributed by atoms with Crippen molar-refractivity contribution >= 4 is 28.6 Å². The number of benzene rings is 2. The van der Waals surface area contributed by atoms with Gasteiger partial charge in [0.25, 0.3) is 0 Å². The van der Waals surface area contributed by atoms with E-state index in [1.54, 1.807) is 12.1 Å². The number of hydrogen-bond acceptors (Lipinski definition) is 2. The third-order valence-electron chi connectivity index (χ3n) is 3.08. The van der Waals surface area contributed by atoms with Crippen molar-refractivity contribution < 1.29 is 27.8 Å². The lowest BCUT2D eigenvalue weighted by Crippen LogP contribution is -2.09. The van der Waals surface area contributed by atoms with Gasteiger partial charge in [0.1, 0.15) is 5.75 Å². The SMILES string of the molecule is O=C(O)c1ccc(-c2ccc(OCCI)cc2)c(C(F)(F)F)c1. The molecule has 7 heteroatoms. The summed E-state index contributed by atoms with van der Waals surface area (Å²) in [5, 5.41) is 8.87. The first-order chi connectivity index (χ1) is 10.8. The first-order valence-corrected chi connectivity index (χ1v) is 8.09. The number of halogens is 4. The van der Waals surface area contributed by atoms with Crippen LogP contribution in [0.25, 0.3) is 11.1 Å². The van der Waals surface area contributed by atoms with Crippen molar-refractivity contribution in [2.75, 3.05) is 11.0 Å². The Morgan fingerprint density at radius 2 is 1.78 bits per heavy atom. The van der Waals surface area contributed by atoms with Gasteiger partial charge in [0.05, 0.1) is 17.7 Å². The summed E-state index contributed by atoms with van der Waals surface area (Å²) in [6.07, 6.45) is -4.64. The molecule has 2 aromatic rings. The van der Waals surface area contributed by atoms with E-state index in [0.29, 0.717) is 24.0 Å². The molecule has 0 spiro atoms. The molecule has 0 fully saturated rings. The van der Waals surface area contributed by atoms with Crippen LogP contribution in [0.5, 0.6) is 5.75 Å². The Labute approximate surface area is 144 Å². The molecule has 0 radical (unpaired) electrons. The molecule has 0 amide bonds. The fraction of sp³-hybridized carbons (Fsp3) is 0.188. The van der Waals surface area contributed by atoms with Gasteiger partial charge in [-0.15, -0.1) is 0 Å². The summed E-state index contributed by atoms with van der Waals surface area (Å²) in [5.41, 5.74) is -1.10. The van der Waals surface area contributed by atoms with Crippen molar-refractivity contribution in [2.45, 2.75) is 6.18 Å². The van der Waals surface area contributed by atoms with Crippen LogP contribution in [0.3, 0.4) is 0 Å². The Bertz CT molecular complexity index is 697. The summed E-state index contributed by atoms with van der Waals surface area (Å²) >= 11 is 2.15. The van der Waals surface area contributed by atoms with Crippen LogP contribution in [0.1, 0.15) is 15.9 Å². The van der Waals surface area contributed by atoms with E-state index in [1.165, 1.54) is 18.2 Å². The molecule has 3 nitrogen and oxygen atoms in total. The number of ether oxygens (including phenoxy) is 1. The minimum Gasteiger partial charge on any atom is -0.493 e. The van der Waals surface area contributed by atoms with Crippen molar-refractivity contribution in [2.24, 2.45) is 0 Å². The van der Waals surface area contributed by atoms with Crippen LogP contribution < -0.4 is 4.74 Å². The van der Waals surface area contributed by atoms with E-state index >= 15 is 0 Å². The molecule has 0 aliphatic carbocycles. The highest BCUT2D eigenvalue weighted by molar-refractivity contribution is 14.1. The van der Waals surface area contributed by atoms with Crippen LogP contribution >= 0.6 is 22.6 Å². The molecule has 0 unspecified atom stereocenters. The van der Waals surface area contributed by atoms with Crippen LogP contribution in [0.4, 0.5) is 13.2 Å². The molecule has 2 aromatic carbocycles. The molecular weight excluding hydrogens is 424 g/mol. The van der Waals surface area contributed by atoms with Gasteiger partial charge in [-0.2, -0.15) is 13.2 Å². The number of alkyl halides is 4. The van der Waals surface area contributed by atoms with Crippen LogP contribution in [0.15, 0.2) is 42.5 Å². The summed E-state index contributed by atoms with van der Waals surface area (Å²) in [7, 11) is 0. The largest absolute Gasteiger partial charge is 0.493 e. The fourth-order valence-corrected chi connectivity index (χ4v) is 2.27. The Balaban J connectivity index is 2.44. The first kappa shape index (κ1) is 17.6. The third-order valence-corrected chi connectivity index (χ3v) is 3.52. The average Bonchev–Trinajstić information content (AvgIpc) is 2.52. The molecule has 0 saturated heterocycles. The summed E-state index contributed by atoms with van der Waals surface area (Å²) in [6, 6.07) is 9.21.